The molecule has 0 radical (unpaired) electrons. The molecule has 1 aliphatic rings. The highest BCUT2D eigenvalue weighted by molar-refractivity contribution is 5.90. The summed E-state index contributed by atoms with van der Waals surface area (Å²) in [5.74, 6) is -0.123. The summed E-state index contributed by atoms with van der Waals surface area (Å²) in [6.07, 6.45) is 28.3. The van der Waals surface area contributed by atoms with E-state index in [1.54, 1.807) is 0 Å². The molecule has 0 amide bonds. The lowest BCUT2D eigenvalue weighted by Gasteiger charge is -2.20. The fourth-order valence-electron chi connectivity index (χ4n) is 6.22. The average molecular weight is 611 g/mol. The quantitative estimate of drug-likeness (QED) is 0.0461. The van der Waals surface area contributed by atoms with Crippen molar-refractivity contribution < 1.29 is 30.0 Å². The highest BCUT2D eigenvalue weighted by Gasteiger charge is 2.21. The molecule has 4 N–H and O–H groups in total. The Hall–Kier alpha value is -0.950. The largest absolute Gasteiger partial charge is 0.455 e. The smallest absolute Gasteiger partial charge is 0.334 e. The SMILES string of the molecule is CCCCCCCCCCC(O)C(O)CCCCC(O)C(O)CCCCCCCCCCCCCCC1=C[C@H](C)OC1=O. The molecular weight excluding hydrogens is 540 g/mol. The molecule has 0 spiro atoms. The highest BCUT2D eigenvalue weighted by Crippen LogP contribution is 2.21. The van der Waals surface area contributed by atoms with Crippen LogP contribution in [0.2, 0.25) is 0 Å². The predicted octanol–water partition coefficient (Wildman–Crippen LogP) is 8.85. The first-order valence-corrected chi connectivity index (χ1v) is 18.5. The van der Waals surface area contributed by atoms with Crippen LogP contribution in [0, 0.1) is 0 Å². The normalized spacial score (nSPS) is 18.0. The number of ether oxygens (including phenoxy) is 1. The van der Waals surface area contributed by atoms with Crippen LogP contribution in [0.25, 0.3) is 0 Å². The van der Waals surface area contributed by atoms with Crippen molar-refractivity contribution in [3.63, 3.8) is 0 Å². The summed E-state index contributed by atoms with van der Waals surface area (Å²) in [5, 5.41) is 41.1. The Balaban J connectivity index is 1.85. The monoisotopic (exact) mass is 611 g/mol. The summed E-state index contributed by atoms with van der Waals surface area (Å²) >= 11 is 0. The van der Waals surface area contributed by atoms with Crippen LogP contribution < -0.4 is 0 Å². The van der Waals surface area contributed by atoms with Gasteiger partial charge in [-0.1, -0.05) is 142 Å². The van der Waals surface area contributed by atoms with Gasteiger partial charge < -0.3 is 25.2 Å². The first-order valence-electron chi connectivity index (χ1n) is 18.5. The minimum Gasteiger partial charge on any atom is -0.455 e. The van der Waals surface area contributed by atoms with Crippen LogP contribution in [-0.2, 0) is 9.53 Å². The number of hydrogen-bond acceptors (Lipinski definition) is 6. The second kappa shape index (κ2) is 27.4. The van der Waals surface area contributed by atoms with E-state index in [0.717, 1.165) is 56.9 Å². The molecule has 6 nitrogen and oxygen atoms in total. The number of aliphatic hydroxyl groups excluding tert-OH is 4. The average Bonchev–Trinajstić information content (AvgIpc) is 3.32. The second-order valence-corrected chi connectivity index (χ2v) is 13.4. The molecule has 43 heavy (non-hydrogen) atoms. The van der Waals surface area contributed by atoms with Crippen molar-refractivity contribution >= 4 is 5.97 Å². The van der Waals surface area contributed by atoms with Gasteiger partial charge in [-0.3, -0.25) is 0 Å². The maximum atomic E-state index is 11.6. The molecule has 0 saturated carbocycles. The lowest BCUT2D eigenvalue weighted by Crippen LogP contribution is -2.27. The number of aliphatic hydroxyl groups is 4. The third-order valence-corrected chi connectivity index (χ3v) is 9.18. The fraction of sp³-hybridized carbons (Fsp3) is 0.919. The Bertz CT molecular complexity index is 680. The van der Waals surface area contributed by atoms with E-state index >= 15 is 0 Å². The van der Waals surface area contributed by atoms with Crippen molar-refractivity contribution in [3.8, 4) is 0 Å². The molecule has 1 heterocycles. The minimum absolute atomic E-state index is 0.0504. The second-order valence-electron chi connectivity index (χ2n) is 13.4. The van der Waals surface area contributed by atoms with E-state index < -0.39 is 24.4 Å². The van der Waals surface area contributed by atoms with Crippen molar-refractivity contribution in [1.82, 2.24) is 0 Å². The molecule has 0 bridgehead atoms. The zero-order valence-corrected chi connectivity index (χ0v) is 28.2. The third-order valence-electron chi connectivity index (χ3n) is 9.18. The molecule has 0 aliphatic carbocycles. The van der Waals surface area contributed by atoms with Gasteiger partial charge >= 0.3 is 5.97 Å². The van der Waals surface area contributed by atoms with E-state index in [1.807, 2.05) is 13.0 Å². The van der Waals surface area contributed by atoms with Crippen molar-refractivity contribution in [2.75, 3.05) is 0 Å². The topological polar surface area (TPSA) is 107 Å². The standard InChI is InChI=1S/C37H70O6/c1-3-4-5-6-7-15-18-21-26-33(38)35(40)28-23-24-29-36(41)34(39)27-22-19-16-13-11-9-8-10-12-14-17-20-25-32-30-31(2)43-37(32)42/h30-31,33-36,38-41H,3-29H2,1-2H3/t31-,33?,34?,35?,36?/m0/s1. The number of hydrogen-bond donors (Lipinski definition) is 4. The van der Waals surface area contributed by atoms with E-state index in [4.69, 9.17) is 4.74 Å². The van der Waals surface area contributed by atoms with Crippen LogP contribution in [0.1, 0.15) is 187 Å². The minimum atomic E-state index is -0.695. The highest BCUT2D eigenvalue weighted by atomic mass is 16.5. The zero-order chi connectivity index (χ0) is 31.5. The van der Waals surface area contributed by atoms with E-state index in [9.17, 15) is 25.2 Å². The summed E-state index contributed by atoms with van der Waals surface area (Å²) in [5.41, 5.74) is 0.863. The van der Waals surface area contributed by atoms with Crippen LogP contribution in [0.5, 0.6) is 0 Å². The van der Waals surface area contributed by atoms with Crippen molar-refractivity contribution in [2.24, 2.45) is 0 Å². The van der Waals surface area contributed by atoms with Gasteiger partial charge in [0.25, 0.3) is 0 Å². The maximum Gasteiger partial charge on any atom is 0.334 e. The molecule has 5 atom stereocenters. The summed E-state index contributed by atoms with van der Waals surface area (Å²) < 4.78 is 5.14. The van der Waals surface area contributed by atoms with E-state index in [0.29, 0.717) is 25.7 Å². The molecule has 0 aromatic carbocycles. The van der Waals surface area contributed by atoms with Gasteiger partial charge in [0, 0.05) is 5.57 Å². The van der Waals surface area contributed by atoms with Crippen LogP contribution in [0.3, 0.4) is 0 Å². The molecular formula is C37H70O6. The van der Waals surface area contributed by atoms with Crippen LogP contribution >= 0.6 is 0 Å². The summed E-state index contributed by atoms with van der Waals surface area (Å²) in [6.45, 7) is 4.14. The fourth-order valence-corrected chi connectivity index (χ4v) is 6.22. The Kier molecular flexibility index (Phi) is 25.5. The molecule has 0 aromatic heterocycles. The Morgan fingerprint density at radius 2 is 0.837 bits per heavy atom. The van der Waals surface area contributed by atoms with Gasteiger partial charge in [-0.05, 0) is 51.5 Å². The van der Waals surface area contributed by atoms with Gasteiger partial charge in [-0.2, -0.15) is 0 Å². The molecule has 0 fully saturated rings. The molecule has 6 heteroatoms. The van der Waals surface area contributed by atoms with Crippen LogP contribution in [-0.4, -0.2) is 56.9 Å². The number of unbranched alkanes of at least 4 members (excludes halogenated alkanes) is 19. The Morgan fingerprint density at radius 3 is 1.16 bits per heavy atom. The van der Waals surface area contributed by atoms with E-state index in [-0.39, 0.29) is 12.1 Å². The van der Waals surface area contributed by atoms with Crippen molar-refractivity contribution in [2.45, 2.75) is 218 Å². The van der Waals surface area contributed by atoms with Gasteiger partial charge in [0.2, 0.25) is 0 Å². The van der Waals surface area contributed by atoms with Gasteiger partial charge in [0.15, 0.2) is 0 Å². The summed E-state index contributed by atoms with van der Waals surface area (Å²) in [7, 11) is 0. The zero-order valence-electron chi connectivity index (χ0n) is 28.2. The summed E-state index contributed by atoms with van der Waals surface area (Å²) in [4.78, 5) is 11.6. The van der Waals surface area contributed by atoms with Crippen LogP contribution in [0.15, 0.2) is 11.6 Å². The molecule has 0 aromatic rings. The third kappa shape index (κ3) is 22.2. The number of carbonyl (C=O) groups is 1. The number of cyclic esters (lactones) is 1. The maximum absolute atomic E-state index is 11.6. The molecule has 4 unspecified atom stereocenters. The predicted molar refractivity (Wildman–Crippen MR) is 178 cm³/mol. The van der Waals surface area contributed by atoms with Gasteiger partial charge in [-0.25, -0.2) is 4.79 Å². The van der Waals surface area contributed by atoms with Gasteiger partial charge in [0.05, 0.1) is 24.4 Å². The van der Waals surface area contributed by atoms with Crippen LogP contribution in [0.4, 0.5) is 0 Å². The van der Waals surface area contributed by atoms with Gasteiger partial charge in [0.1, 0.15) is 6.10 Å². The lowest BCUT2D eigenvalue weighted by molar-refractivity contribution is -0.139. The van der Waals surface area contributed by atoms with Crippen molar-refractivity contribution in [3.05, 3.63) is 11.6 Å². The van der Waals surface area contributed by atoms with E-state index in [1.165, 1.54) is 96.3 Å². The van der Waals surface area contributed by atoms with Crippen molar-refractivity contribution in [1.29, 1.82) is 0 Å². The van der Waals surface area contributed by atoms with Gasteiger partial charge in [-0.15, -0.1) is 0 Å². The first-order chi connectivity index (χ1) is 20.8. The number of esters is 1. The lowest BCUT2D eigenvalue weighted by atomic mass is 9.97. The Labute approximate surface area is 265 Å². The first kappa shape index (κ1) is 40.1. The molecule has 1 aliphatic heterocycles. The summed E-state index contributed by atoms with van der Waals surface area (Å²) in [6, 6.07) is 0. The molecule has 0 saturated heterocycles. The number of carbonyl (C=O) groups excluding carboxylic acids is 1. The number of rotatable bonds is 31. The Morgan fingerprint density at radius 1 is 0.535 bits per heavy atom. The van der Waals surface area contributed by atoms with E-state index in [2.05, 4.69) is 6.92 Å². The molecule has 254 valence electrons. The molecule has 1 rings (SSSR count).